The Hall–Kier alpha value is -0.770. The van der Waals surface area contributed by atoms with Crippen LogP contribution in [0.25, 0.3) is 5.70 Å². The number of nitrogens with zero attached hydrogens (tertiary/aromatic N) is 3. The van der Waals surface area contributed by atoms with Crippen LogP contribution in [0.2, 0.25) is 0 Å². The zero-order valence-corrected chi connectivity index (χ0v) is 10.3. The number of hydrogen-bond acceptors (Lipinski definition) is 2. The van der Waals surface area contributed by atoms with Gasteiger partial charge in [-0.1, -0.05) is 6.92 Å². The normalized spacial score (nSPS) is 15.4. The molecule has 1 aliphatic heterocycles. The fourth-order valence-electron chi connectivity index (χ4n) is 1.92. The summed E-state index contributed by atoms with van der Waals surface area (Å²) in [5.74, 6) is 1.13. The lowest BCUT2D eigenvalue weighted by Crippen LogP contribution is -2.21. The molecule has 1 aromatic heterocycles. The Morgan fingerprint density at radius 2 is 2.29 bits per heavy atom. The third kappa shape index (κ3) is 1.38. The van der Waals surface area contributed by atoms with E-state index in [2.05, 4.69) is 57.5 Å². The van der Waals surface area contributed by atoms with Crippen LogP contribution in [0, 0.1) is 0 Å². The van der Waals surface area contributed by atoms with Crippen molar-refractivity contribution in [3.63, 3.8) is 0 Å². The van der Waals surface area contributed by atoms with Crippen LogP contribution in [0.4, 0.5) is 0 Å². The molecule has 4 heteroatoms. The standard InChI is InChI=1S/C10H14BrN3/c1-4-9-12-10(11)8-6-13(3)5-7(2)14(8)9/h5H,4,6H2,1-3H3. The van der Waals surface area contributed by atoms with Crippen LogP contribution < -0.4 is 0 Å². The van der Waals surface area contributed by atoms with Gasteiger partial charge >= 0.3 is 0 Å². The molecular formula is C10H14BrN3. The second kappa shape index (κ2) is 3.42. The molecule has 0 aliphatic carbocycles. The predicted molar refractivity (Wildman–Crippen MR) is 60.7 cm³/mol. The molecule has 2 heterocycles. The van der Waals surface area contributed by atoms with Crippen LogP contribution in [0.3, 0.4) is 0 Å². The summed E-state index contributed by atoms with van der Waals surface area (Å²) in [5, 5.41) is 0. The number of allylic oxidation sites excluding steroid dienone is 1. The predicted octanol–water partition coefficient (Wildman–Crippen LogP) is 2.47. The fraction of sp³-hybridized carbons (Fsp3) is 0.500. The Morgan fingerprint density at radius 1 is 1.57 bits per heavy atom. The molecule has 0 atom stereocenters. The Labute approximate surface area is 92.6 Å². The van der Waals surface area contributed by atoms with Crippen molar-refractivity contribution >= 4 is 21.6 Å². The lowest BCUT2D eigenvalue weighted by molar-refractivity contribution is 0.424. The van der Waals surface area contributed by atoms with Gasteiger partial charge in [-0.2, -0.15) is 0 Å². The van der Waals surface area contributed by atoms with Crippen molar-refractivity contribution in [2.45, 2.75) is 26.8 Å². The van der Waals surface area contributed by atoms with Gasteiger partial charge in [0.1, 0.15) is 10.4 Å². The summed E-state index contributed by atoms with van der Waals surface area (Å²) < 4.78 is 3.22. The number of aryl methyl sites for hydroxylation is 1. The van der Waals surface area contributed by atoms with Crippen LogP contribution in [-0.2, 0) is 13.0 Å². The zero-order valence-electron chi connectivity index (χ0n) is 8.71. The van der Waals surface area contributed by atoms with E-state index in [-0.39, 0.29) is 0 Å². The van der Waals surface area contributed by atoms with Crippen LogP contribution in [0.5, 0.6) is 0 Å². The van der Waals surface area contributed by atoms with Gasteiger partial charge in [-0.05, 0) is 22.9 Å². The smallest absolute Gasteiger partial charge is 0.129 e. The molecule has 1 aliphatic rings. The van der Waals surface area contributed by atoms with Gasteiger partial charge in [-0.3, -0.25) is 0 Å². The Morgan fingerprint density at radius 3 is 2.93 bits per heavy atom. The Bertz CT molecular complexity index is 392. The zero-order chi connectivity index (χ0) is 10.3. The van der Waals surface area contributed by atoms with Crippen LogP contribution in [-0.4, -0.2) is 21.5 Å². The highest BCUT2D eigenvalue weighted by Gasteiger charge is 2.19. The van der Waals surface area contributed by atoms with Crippen LogP contribution in [0.1, 0.15) is 25.4 Å². The molecule has 0 bridgehead atoms. The van der Waals surface area contributed by atoms with Gasteiger partial charge in [0.2, 0.25) is 0 Å². The fourth-order valence-corrected chi connectivity index (χ4v) is 2.43. The quantitative estimate of drug-likeness (QED) is 0.769. The first-order chi connectivity index (χ1) is 6.63. The van der Waals surface area contributed by atoms with Gasteiger partial charge < -0.3 is 9.47 Å². The van der Waals surface area contributed by atoms with Gasteiger partial charge in [-0.25, -0.2) is 4.98 Å². The third-order valence-corrected chi connectivity index (χ3v) is 3.10. The summed E-state index contributed by atoms with van der Waals surface area (Å²) in [6, 6.07) is 0. The molecule has 14 heavy (non-hydrogen) atoms. The number of imidazole rings is 1. The maximum Gasteiger partial charge on any atom is 0.129 e. The van der Waals surface area contributed by atoms with Gasteiger partial charge in [0.15, 0.2) is 0 Å². The summed E-state index contributed by atoms with van der Waals surface area (Å²) in [6.07, 6.45) is 3.12. The molecule has 3 nitrogen and oxygen atoms in total. The third-order valence-electron chi connectivity index (χ3n) is 2.47. The van der Waals surface area contributed by atoms with Crippen molar-refractivity contribution in [3.05, 3.63) is 22.3 Å². The summed E-state index contributed by atoms with van der Waals surface area (Å²) in [6.45, 7) is 5.17. The van der Waals surface area contributed by atoms with Gasteiger partial charge in [0, 0.05) is 25.4 Å². The van der Waals surface area contributed by atoms with Crippen molar-refractivity contribution < 1.29 is 0 Å². The molecule has 0 saturated carbocycles. The highest BCUT2D eigenvalue weighted by molar-refractivity contribution is 9.10. The Kier molecular flexibility index (Phi) is 2.39. The van der Waals surface area contributed by atoms with Gasteiger partial charge in [-0.15, -0.1) is 0 Å². The average Bonchev–Trinajstić information content (AvgIpc) is 2.43. The summed E-state index contributed by atoms with van der Waals surface area (Å²) in [4.78, 5) is 6.68. The Balaban J connectivity index is 2.59. The lowest BCUT2D eigenvalue weighted by Gasteiger charge is -2.24. The molecule has 0 saturated heterocycles. The number of halogens is 1. The van der Waals surface area contributed by atoms with Crippen LogP contribution >= 0.6 is 15.9 Å². The van der Waals surface area contributed by atoms with Crippen molar-refractivity contribution in [2.75, 3.05) is 7.05 Å². The molecule has 2 rings (SSSR count). The second-order valence-electron chi connectivity index (χ2n) is 3.64. The molecule has 0 fully saturated rings. The highest BCUT2D eigenvalue weighted by Crippen LogP contribution is 2.27. The SMILES string of the molecule is CCc1nc(Br)c2n1C(C)=CN(C)C2. The van der Waals surface area contributed by atoms with Crippen molar-refractivity contribution in [3.8, 4) is 0 Å². The maximum atomic E-state index is 4.51. The minimum absolute atomic E-state index is 0.922. The number of rotatable bonds is 1. The highest BCUT2D eigenvalue weighted by atomic mass is 79.9. The molecule has 0 N–H and O–H groups in total. The molecular weight excluding hydrogens is 242 g/mol. The molecule has 0 aromatic carbocycles. The average molecular weight is 256 g/mol. The van der Waals surface area contributed by atoms with E-state index >= 15 is 0 Å². The van der Waals surface area contributed by atoms with Crippen molar-refractivity contribution in [1.82, 2.24) is 14.5 Å². The van der Waals surface area contributed by atoms with Crippen LogP contribution in [0.15, 0.2) is 10.8 Å². The summed E-state index contributed by atoms with van der Waals surface area (Å²) >= 11 is 3.51. The van der Waals surface area contributed by atoms with Gasteiger partial charge in [0.25, 0.3) is 0 Å². The van der Waals surface area contributed by atoms with E-state index in [0.717, 1.165) is 23.4 Å². The minimum Gasteiger partial charge on any atom is -0.373 e. The van der Waals surface area contributed by atoms with Crippen molar-refractivity contribution in [1.29, 1.82) is 0 Å². The molecule has 76 valence electrons. The molecule has 1 aromatic rings. The minimum atomic E-state index is 0.922. The van der Waals surface area contributed by atoms with Crippen molar-refractivity contribution in [2.24, 2.45) is 0 Å². The van der Waals surface area contributed by atoms with E-state index in [0.29, 0.717) is 0 Å². The first-order valence-corrected chi connectivity index (χ1v) is 5.57. The van der Waals surface area contributed by atoms with E-state index in [1.54, 1.807) is 0 Å². The topological polar surface area (TPSA) is 21.1 Å². The lowest BCUT2D eigenvalue weighted by atomic mass is 10.3. The summed E-state index contributed by atoms with van der Waals surface area (Å²) in [7, 11) is 2.08. The first kappa shape index (κ1) is 9.77. The van der Waals surface area contributed by atoms with E-state index in [4.69, 9.17) is 0 Å². The first-order valence-electron chi connectivity index (χ1n) is 4.78. The number of aromatic nitrogens is 2. The van der Waals surface area contributed by atoms with Gasteiger partial charge in [0.05, 0.1) is 12.2 Å². The molecule has 0 spiro atoms. The second-order valence-corrected chi connectivity index (χ2v) is 4.39. The number of fused-ring (bicyclic) bond motifs is 1. The monoisotopic (exact) mass is 255 g/mol. The molecule has 0 radical (unpaired) electrons. The van der Waals surface area contributed by atoms with E-state index in [1.165, 1.54) is 11.4 Å². The van der Waals surface area contributed by atoms with E-state index < -0.39 is 0 Å². The largest absolute Gasteiger partial charge is 0.373 e. The van der Waals surface area contributed by atoms with E-state index in [9.17, 15) is 0 Å². The number of hydrogen-bond donors (Lipinski definition) is 0. The maximum absolute atomic E-state index is 4.51. The summed E-state index contributed by atoms with van der Waals surface area (Å²) in [5.41, 5.74) is 2.49. The van der Waals surface area contributed by atoms with E-state index in [1.807, 2.05) is 0 Å². The molecule has 0 amide bonds. The molecule has 0 unspecified atom stereocenters.